The highest BCUT2D eigenvalue weighted by Crippen LogP contribution is 2.35. The van der Waals surface area contributed by atoms with Crippen LogP contribution in [0.4, 0.5) is 5.69 Å². The number of anilines is 1. The van der Waals surface area contributed by atoms with E-state index in [1.807, 2.05) is 37.4 Å². The Kier molecular flexibility index (Phi) is 3.65. The van der Waals surface area contributed by atoms with Crippen molar-refractivity contribution in [2.75, 3.05) is 5.73 Å². The molecule has 1 aromatic carbocycles. The van der Waals surface area contributed by atoms with Gasteiger partial charge in [-0.1, -0.05) is 18.2 Å². The van der Waals surface area contributed by atoms with Crippen molar-refractivity contribution in [3.8, 4) is 0 Å². The number of nitrogen functional groups attached to an aromatic ring is 1. The number of carbonyl (C=O) groups excluding carboxylic acids is 1. The Hall–Kier alpha value is -1.92. The first kappa shape index (κ1) is 14.0. The molecule has 0 fully saturated rings. The zero-order valence-corrected chi connectivity index (χ0v) is 13.4. The van der Waals surface area contributed by atoms with Crippen LogP contribution in [0, 0.1) is 13.8 Å². The molecule has 21 heavy (non-hydrogen) atoms. The van der Waals surface area contributed by atoms with Gasteiger partial charge >= 0.3 is 0 Å². The third-order valence-electron chi connectivity index (χ3n) is 3.22. The van der Waals surface area contributed by atoms with Crippen LogP contribution in [0.1, 0.15) is 25.9 Å². The third-order valence-corrected chi connectivity index (χ3v) is 5.55. The highest BCUT2D eigenvalue weighted by molar-refractivity contribution is 7.21. The molecule has 108 valence electrons. The van der Waals surface area contributed by atoms with Crippen LogP contribution in [-0.2, 0) is 6.54 Å². The Morgan fingerprint density at radius 3 is 2.86 bits per heavy atom. The van der Waals surface area contributed by atoms with Crippen molar-refractivity contribution in [1.29, 1.82) is 0 Å². The van der Waals surface area contributed by atoms with Gasteiger partial charge in [0, 0.05) is 21.2 Å². The largest absolute Gasteiger partial charge is 0.397 e. The number of nitrogens with zero attached hydrogens (tertiary/aromatic N) is 1. The van der Waals surface area contributed by atoms with Gasteiger partial charge in [-0.2, -0.15) is 0 Å². The van der Waals surface area contributed by atoms with Crippen LogP contribution in [0.5, 0.6) is 0 Å². The van der Waals surface area contributed by atoms with Crippen molar-refractivity contribution in [3.63, 3.8) is 0 Å². The van der Waals surface area contributed by atoms with Crippen LogP contribution in [0.3, 0.4) is 0 Å². The number of amides is 1. The van der Waals surface area contributed by atoms with E-state index in [-0.39, 0.29) is 5.91 Å². The number of fused-ring (bicyclic) bond motifs is 1. The van der Waals surface area contributed by atoms with E-state index >= 15 is 0 Å². The Labute approximate surface area is 130 Å². The lowest BCUT2D eigenvalue weighted by atomic mass is 10.1. The molecule has 6 heteroatoms. The number of benzene rings is 1. The topological polar surface area (TPSA) is 68.0 Å². The third kappa shape index (κ3) is 2.64. The smallest absolute Gasteiger partial charge is 0.263 e. The van der Waals surface area contributed by atoms with E-state index in [1.54, 1.807) is 11.3 Å². The molecular weight excluding hydrogens is 302 g/mol. The SMILES string of the molecule is Cc1csc(CNC(=O)c2sc3c(C)cccc3c2N)n1. The highest BCUT2D eigenvalue weighted by atomic mass is 32.1. The fourth-order valence-corrected chi connectivity index (χ4v) is 3.99. The van der Waals surface area contributed by atoms with Gasteiger partial charge in [-0.05, 0) is 19.4 Å². The fourth-order valence-electron chi connectivity index (χ4n) is 2.17. The fraction of sp³-hybridized carbons (Fsp3) is 0.200. The molecule has 0 bridgehead atoms. The van der Waals surface area contributed by atoms with E-state index in [0.29, 0.717) is 17.1 Å². The molecule has 0 radical (unpaired) electrons. The summed E-state index contributed by atoms with van der Waals surface area (Å²) in [6, 6.07) is 5.94. The second kappa shape index (κ2) is 5.46. The summed E-state index contributed by atoms with van der Waals surface area (Å²) in [5, 5.41) is 6.71. The zero-order chi connectivity index (χ0) is 15.0. The first-order chi connectivity index (χ1) is 10.1. The summed E-state index contributed by atoms with van der Waals surface area (Å²) in [5.74, 6) is -0.138. The molecule has 3 rings (SSSR count). The Morgan fingerprint density at radius 1 is 1.38 bits per heavy atom. The van der Waals surface area contributed by atoms with Gasteiger partial charge in [0.25, 0.3) is 5.91 Å². The summed E-state index contributed by atoms with van der Waals surface area (Å²) >= 11 is 2.99. The summed E-state index contributed by atoms with van der Waals surface area (Å²) < 4.78 is 1.07. The van der Waals surface area contributed by atoms with Gasteiger partial charge in [0.2, 0.25) is 0 Å². The molecule has 0 aliphatic rings. The van der Waals surface area contributed by atoms with Gasteiger partial charge in [-0.15, -0.1) is 22.7 Å². The van der Waals surface area contributed by atoms with Gasteiger partial charge in [0.1, 0.15) is 9.88 Å². The number of aryl methyl sites for hydroxylation is 2. The first-order valence-corrected chi connectivity index (χ1v) is 8.22. The van der Waals surface area contributed by atoms with E-state index in [4.69, 9.17) is 5.73 Å². The number of nitrogens with two attached hydrogens (primary N) is 1. The van der Waals surface area contributed by atoms with E-state index in [9.17, 15) is 4.79 Å². The minimum absolute atomic E-state index is 0.138. The van der Waals surface area contributed by atoms with Crippen LogP contribution >= 0.6 is 22.7 Å². The van der Waals surface area contributed by atoms with Crippen molar-refractivity contribution in [2.45, 2.75) is 20.4 Å². The Morgan fingerprint density at radius 2 is 2.19 bits per heavy atom. The van der Waals surface area contributed by atoms with Gasteiger partial charge in [-0.25, -0.2) is 4.98 Å². The maximum atomic E-state index is 12.3. The number of hydrogen-bond acceptors (Lipinski definition) is 5. The quantitative estimate of drug-likeness (QED) is 0.777. The number of aromatic nitrogens is 1. The maximum Gasteiger partial charge on any atom is 0.263 e. The highest BCUT2D eigenvalue weighted by Gasteiger charge is 2.17. The lowest BCUT2D eigenvalue weighted by Crippen LogP contribution is -2.22. The van der Waals surface area contributed by atoms with Gasteiger partial charge in [-0.3, -0.25) is 4.79 Å². The minimum Gasteiger partial charge on any atom is -0.397 e. The van der Waals surface area contributed by atoms with Crippen LogP contribution in [0.15, 0.2) is 23.6 Å². The van der Waals surface area contributed by atoms with Crippen molar-refractivity contribution < 1.29 is 4.79 Å². The van der Waals surface area contributed by atoms with Gasteiger partial charge in [0.05, 0.1) is 12.2 Å². The standard InChI is InChI=1S/C15H15N3OS2/c1-8-4-3-5-10-12(16)14(21-13(8)10)15(19)17-6-11-18-9(2)7-20-11/h3-5,7H,6,16H2,1-2H3,(H,17,19). The normalized spacial score (nSPS) is 11.0. The molecule has 0 atom stereocenters. The number of thiazole rings is 1. The van der Waals surface area contributed by atoms with Crippen molar-refractivity contribution in [2.24, 2.45) is 0 Å². The van der Waals surface area contributed by atoms with Crippen LogP contribution < -0.4 is 11.1 Å². The molecule has 0 spiro atoms. The van der Waals surface area contributed by atoms with Gasteiger partial charge < -0.3 is 11.1 Å². The molecule has 1 amide bonds. The van der Waals surface area contributed by atoms with E-state index < -0.39 is 0 Å². The number of thiophene rings is 1. The summed E-state index contributed by atoms with van der Waals surface area (Å²) in [6.07, 6.45) is 0. The van der Waals surface area contributed by atoms with Crippen LogP contribution in [0.2, 0.25) is 0 Å². The number of rotatable bonds is 3. The molecule has 3 N–H and O–H groups in total. The number of nitrogens with one attached hydrogen (secondary N) is 1. The lowest BCUT2D eigenvalue weighted by Gasteiger charge is -2.01. The molecule has 3 aromatic rings. The van der Waals surface area contributed by atoms with Crippen molar-refractivity contribution in [1.82, 2.24) is 10.3 Å². The maximum absolute atomic E-state index is 12.3. The molecule has 0 aliphatic heterocycles. The molecule has 2 heterocycles. The van der Waals surface area contributed by atoms with Gasteiger partial charge in [0.15, 0.2) is 0 Å². The average Bonchev–Trinajstić information content (AvgIpc) is 3.02. The predicted molar refractivity (Wildman–Crippen MR) is 89.0 cm³/mol. The summed E-state index contributed by atoms with van der Waals surface area (Å²) in [6.45, 7) is 4.40. The summed E-state index contributed by atoms with van der Waals surface area (Å²) in [4.78, 5) is 17.2. The predicted octanol–water partition coefficient (Wildman–Crippen LogP) is 3.49. The molecular formula is C15H15N3OS2. The monoisotopic (exact) mass is 317 g/mol. The second-order valence-electron chi connectivity index (χ2n) is 4.86. The lowest BCUT2D eigenvalue weighted by molar-refractivity contribution is 0.0956. The zero-order valence-electron chi connectivity index (χ0n) is 11.8. The Bertz CT molecular complexity index is 820. The van der Waals surface area contributed by atoms with Crippen LogP contribution in [0.25, 0.3) is 10.1 Å². The van der Waals surface area contributed by atoms with Crippen LogP contribution in [-0.4, -0.2) is 10.9 Å². The van der Waals surface area contributed by atoms with Crippen molar-refractivity contribution >= 4 is 44.4 Å². The molecule has 0 saturated carbocycles. The molecule has 0 saturated heterocycles. The van der Waals surface area contributed by atoms with E-state index in [0.717, 1.165) is 26.4 Å². The van der Waals surface area contributed by atoms with E-state index in [1.165, 1.54) is 11.3 Å². The molecule has 2 aromatic heterocycles. The first-order valence-electron chi connectivity index (χ1n) is 6.53. The summed E-state index contributed by atoms with van der Waals surface area (Å²) in [7, 11) is 0. The minimum atomic E-state index is -0.138. The average molecular weight is 317 g/mol. The Balaban J connectivity index is 1.84. The summed E-state index contributed by atoms with van der Waals surface area (Å²) in [5.41, 5.74) is 8.79. The second-order valence-corrected chi connectivity index (χ2v) is 6.83. The van der Waals surface area contributed by atoms with Crippen molar-refractivity contribution in [3.05, 3.63) is 44.7 Å². The molecule has 0 aliphatic carbocycles. The number of hydrogen-bond donors (Lipinski definition) is 2. The number of carbonyl (C=O) groups is 1. The molecule has 4 nitrogen and oxygen atoms in total. The molecule has 0 unspecified atom stereocenters. The van der Waals surface area contributed by atoms with E-state index in [2.05, 4.69) is 10.3 Å².